The van der Waals surface area contributed by atoms with E-state index in [-0.39, 0.29) is 42.8 Å². The van der Waals surface area contributed by atoms with Crippen LogP contribution < -0.4 is 5.73 Å². The van der Waals surface area contributed by atoms with Crippen molar-refractivity contribution in [2.24, 2.45) is 5.73 Å². The SMILES string of the molecule is Cl.N[C@@H]1CCN(C(=O)CCc2cc(F)ccc2F)C1. The molecule has 1 aliphatic rings. The smallest absolute Gasteiger partial charge is 0.222 e. The zero-order chi connectivity index (χ0) is 13.1. The second kappa shape index (κ2) is 6.82. The minimum Gasteiger partial charge on any atom is -0.341 e. The number of rotatable bonds is 3. The maximum atomic E-state index is 13.3. The Balaban J connectivity index is 0.00000180. The van der Waals surface area contributed by atoms with Gasteiger partial charge in [0.25, 0.3) is 0 Å². The molecule has 1 saturated heterocycles. The van der Waals surface area contributed by atoms with Gasteiger partial charge in [0.15, 0.2) is 0 Å². The lowest BCUT2D eigenvalue weighted by Crippen LogP contribution is -2.32. The number of hydrogen-bond acceptors (Lipinski definition) is 2. The van der Waals surface area contributed by atoms with Crippen LogP contribution in [0.3, 0.4) is 0 Å². The molecule has 1 atom stereocenters. The summed E-state index contributed by atoms with van der Waals surface area (Å²) in [5.41, 5.74) is 5.95. The Bertz CT molecular complexity index is 456. The summed E-state index contributed by atoms with van der Waals surface area (Å²) in [6.45, 7) is 1.22. The lowest BCUT2D eigenvalue weighted by Gasteiger charge is -2.15. The molecule has 6 heteroatoms. The quantitative estimate of drug-likeness (QED) is 0.924. The molecule has 0 spiro atoms. The molecule has 0 aliphatic carbocycles. The van der Waals surface area contributed by atoms with E-state index in [0.717, 1.165) is 24.6 Å². The fourth-order valence-electron chi connectivity index (χ4n) is 2.15. The Labute approximate surface area is 117 Å². The molecule has 1 amide bonds. The molecule has 0 aromatic heterocycles. The molecular formula is C13H17ClF2N2O. The highest BCUT2D eigenvalue weighted by Crippen LogP contribution is 2.14. The molecule has 19 heavy (non-hydrogen) atoms. The van der Waals surface area contributed by atoms with Crippen molar-refractivity contribution in [1.29, 1.82) is 0 Å². The Morgan fingerprint density at radius 2 is 2.16 bits per heavy atom. The number of benzene rings is 1. The van der Waals surface area contributed by atoms with E-state index in [0.29, 0.717) is 13.1 Å². The Morgan fingerprint density at radius 3 is 2.79 bits per heavy atom. The third-order valence-corrected chi connectivity index (χ3v) is 3.19. The number of nitrogens with zero attached hydrogens (tertiary/aromatic N) is 1. The lowest BCUT2D eigenvalue weighted by molar-refractivity contribution is -0.130. The molecule has 0 unspecified atom stereocenters. The zero-order valence-electron chi connectivity index (χ0n) is 10.4. The number of carbonyl (C=O) groups is 1. The largest absolute Gasteiger partial charge is 0.341 e. The number of likely N-dealkylation sites (tertiary alicyclic amines) is 1. The van der Waals surface area contributed by atoms with Gasteiger partial charge in [0.2, 0.25) is 5.91 Å². The summed E-state index contributed by atoms with van der Waals surface area (Å²) in [5, 5.41) is 0. The first-order chi connectivity index (χ1) is 8.56. The van der Waals surface area contributed by atoms with Gasteiger partial charge in [-0.15, -0.1) is 12.4 Å². The monoisotopic (exact) mass is 290 g/mol. The van der Waals surface area contributed by atoms with Gasteiger partial charge in [-0.2, -0.15) is 0 Å². The van der Waals surface area contributed by atoms with Crippen molar-refractivity contribution in [2.45, 2.75) is 25.3 Å². The van der Waals surface area contributed by atoms with Crippen molar-refractivity contribution < 1.29 is 13.6 Å². The van der Waals surface area contributed by atoms with E-state index in [4.69, 9.17) is 5.73 Å². The third-order valence-electron chi connectivity index (χ3n) is 3.19. The van der Waals surface area contributed by atoms with Crippen LogP contribution in [0, 0.1) is 11.6 Å². The molecule has 0 radical (unpaired) electrons. The van der Waals surface area contributed by atoms with Gasteiger partial charge in [-0.05, 0) is 36.6 Å². The van der Waals surface area contributed by atoms with Gasteiger partial charge in [0.1, 0.15) is 11.6 Å². The Kier molecular flexibility index (Phi) is 5.69. The lowest BCUT2D eigenvalue weighted by atomic mass is 10.1. The average molecular weight is 291 g/mol. The molecule has 0 saturated carbocycles. The van der Waals surface area contributed by atoms with E-state index < -0.39 is 11.6 Å². The van der Waals surface area contributed by atoms with Crippen LogP contribution in [-0.2, 0) is 11.2 Å². The van der Waals surface area contributed by atoms with Crippen LogP contribution in [0.2, 0.25) is 0 Å². The Hall–Kier alpha value is -1.20. The summed E-state index contributed by atoms with van der Waals surface area (Å²) >= 11 is 0. The summed E-state index contributed by atoms with van der Waals surface area (Å²) in [6, 6.07) is 3.33. The van der Waals surface area contributed by atoms with Crippen LogP contribution >= 0.6 is 12.4 Å². The third kappa shape index (κ3) is 4.14. The van der Waals surface area contributed by atoms with Crippen molar-refractivity contribution in [3.05, 3.63) is 35.4 Å². The Morgan fingerprint density at radius 1 is 1.42 bits per heavy atom. The van der Waals surface area contributed by atoms with E-state index in [1.54, 1.807) is 4.90 Å². The average Bonchev–Trinajstić information content (AvgIpc) is 2.77. The molecule has 0 bridgehead atoms. The van der Waals surface area contributed by atoms with Gasteiger partial charge in [0.05, 0.1) is 0 Å². The topological polar surface area (TPSA) is 46.3 Å². The van der Waals surface area contributed by atoms with Crippen LogP contribution in [0.4, 0.5) is 8.78 Å². The van der Waals surface area contributed by atoms with Gasteiger partial charge < -0.3 is 10.6 Å². The number of nitrogens with two attached hydrogens (primary N) is 1. The summed E-state index contributed by atoms with van der Waals surface area (Å²) in [5.74, 6) is -1.00. The molecule has 1 aromatic rings. The van der Waals surface area contributed by atoms with Crippen molar-refractivity contribution in [1.82, 2.24) is 4.90 Å². The minimum absolute atomic E-state index is 0. The van der Waals surface area contributed by atoms with Gasteiger partial charge in [-0.1, -0.05) is 0 Å². The number of halogens is 3. The standard InChI is InChI=1S/C13H16F2N2O.ClH/c14-10-2-3-12(15)9(7-10)1-4-13(18)17-6-5-11(16)8-17;/h2-3,7,11H,1,4-6,8,16H2;1H/t11-;/m1./s1. The molecule has 2 rings (SSSR count). The zero-order valence-corrected chi connectivity index (χ0v) is 11.3. The molecule has 106 valence electrons. The maximum absolute atomic E-state index is 13.3. The predicted molar refractivity (Wildman–Crippen MR) is 71.1 cm³/mol. The van der Waals surface area contributed by atoms with Crippen LogP contribution in [0.1, 0.15) is 18.4 Å². The molecule has 3 nitrogen and oxygen atoms in total. The molecule has 2 N–H and O–H groups in total. The number of aryl methyl sites for hydroxylation is 1. The highest BCUT2D eigenvalue weighted by atomic mass is 35.5. The van der Waals surface area contributed by atoms with Gasteiger partial charge in [-0.3, -0.25) is 4.79 Å². The molecule has 1 aliphatic heterocycles. The summed E-state index contributed by atoms with van der Waals surface area (Å²) in [6.07, 6.45) is 1.21. The number of hydrogen-bond donors (Lipinski definition) is 1. The van der Waals surface area contributed by atoms with Crippen LogP contribution in [0.25, 0.3) is 0 Å². The van der Waals surface area contributed by atoms with Crippen LogP contribution in [0.5, 0.6) is 0 Å². The van der Waals surface area contributed by atoms with Crippen LogP contribution in [0.15, 0.2) is 18.2 Å². The normalized spacial score (nSPS) is 18.3. The van der Waals surface area contributed by atoms with E-state index in [1.807, 2.05) is 0 Å². The molecule has 1 heterocycles. The van der Waals surface area contributed by atoms with Crippen molar-refractivity contribution in [2.75, 3.05) is 13.1 Å². The van der Waals surface area contributed by atoms with E-state index in [9.17, 15) is 13.6 Å². The van der Waals surface area contributed by atoms with Gasteiger partial charge >= 0.3 is 0 Å². The molecule has 1 aromatic carbocycles. The van der Waals surface area contributed by atoms with Gasteiger partial charge in [-0.25, -0.2) is 8.78 Å². The van der Waals surface area contributed by atoms with Crippen molar-refractivity contribution in [3.63, 3.8) is 0 Å². The second-order valence-electron chi connectivity index (χ2n) is 4.62. The molecular weight excluding hydrogens is 274 g/mol. The maximum Gasteiger partial charge on any atom is 0.222 e. The van der Waals surface area contributed by atoms with E-state index >= 15 is 0 Å². The summed E-state index contributed by atoms with van der Waals surface area (Å²) < 4.78 is 26.3. The number of amides is 1. The van der Waals surface area contributed by atoms with Gasteiger partial charge in [0, 0.05) is 25.6 Å². The number of carbonyl (C=O) groups excluding carboxylic acids is 1. The summed E-state index contributed by atoms with van der Waals surface area (Å²) in [7, 11) is 0. The first-order valence-electron chi connectivity index (χ1n) is 6.03. The highest BCUT2D eigenvalue weighted by Gasteiger charge is 2.23. The minimum atomic E-state index is -0.484. The molecule has 1 fully saturated rings. The van der Waals surface area contributed by atoms with Crippen molar-refractivity contribution in [3.8, 4) is 0 Å². The van der Waals surface area contributed by atoms with E-state index in [1.165, 1.54) is 0 Å². The first-order valence-corrected chi connectivity index (χ1v) is 6.03. The van der Waals surface area contributed by atoms with Crippen molar-refractivity contribution >= 4 is 18.3 Å². The fourth-order valence-corrected chi connectivity index (χ4v) is 2.15. The first kappa shape index (κ1) is 15.9. The fraction of sp³-hybridized carbons (Fsp3) is 0.462. The van der Waals surface area contributed by atoms with Crippen LogP contribution in [-0.4, -0.2) is 29.9 Å². The van der Waals surface area contributed by atoms with E-state index in [2.05, 4.69) is 0 Å². The predicted octanol–water partition coefficient (Wildman–Crippen LogP) is 1.88. The second-order valence-corrected chi connectivity index (χ2v) is 4.62. The highest BCUT2D eigenvalue weighted by molar-refractivity contribution is 5.85. The summed E-state index contributed by atoms with van der Waals surface area (Å²) in [4.78, 5) is 13.5.